The van der Waals surface area contributed by atoms with E-state index >= 15 is 0 Å². The molecule has 0 amide bonds. The Labute approximate surface area is 192 Å². The molecule has 0 bridgehead atoms. The van der Waals surface area contributed by atoms with E-state index in [4.69, 9.17) is 9.47 Å². The lowest BCUT2D eigenvalue weighted by molar-refractivity contribution is 0.191. The number of aliphatic hydroxyl groups is 1. The van der Waals surface area contributed by atoms with Crippen LogP contribution in [0.15, 0.2) is 40.9 Å². The first-order chi connectivity index (χ1) is 13.0. The highest BCUT2D eigenvalue weighted by molar-refractivity contribution is 9.10. The maximum absolute atomic E-state index is 13.8. The summed E-state index contributed by atoms with van der Waals surface area (Å²) in [4.78, 5) is 0. The van der Waals surface area contributed by atoms with Crippen LogP contribution >= 0.6 is 40.7 Å². The number of halogens is 4. The second-order valence-electron chi connectivity index (χ2n) is 6.22. The summed E-state index contributed by atoms with van der Waals surface area (Å²) in [7, 11) is 1.58. The van der Waals surface area contributed by atoms with Crippen LogP contribution in [-0.2, 0) is 13.2 Å². The monoisotopic (exact) mass is 512 g/mol. The number of ether oxygens (including phenoxy) is 2. The Bertz CT molecular complexity index is 739. The highest BCUT2D eigenvalue weighted by Gasteiger charge is 2.13. The zero-order valence-electron chi connectivity index (χ0n) is 16.4. The van der Waals surface area contributed by atoms with E-state index in [1.54, 1.807) is 32.2 Å². The van der Waals surface area contributed by atoms with E-state index in [-0.39, 0.29) is 43.3 Å². The lowest BCUT2D eigenvalue weighted by atomic mass is 10.2. The Morgan fingerprint density at radius 3 is 2.48 bits per heavy atom. The van der Waals surface area contributed by atoms with E-state index in [2.05, 4.69) is 26.6 Å². The third-order valence-corrected chi connectivity index (χ3v) is 4.46. The summed E-state index contributed by atoms with van der Waals surface area (Å²) in [6.07, 6.45) is -0.345. The second-order valence-corrected chi connectivity index (χ2v) is 7.07. The van der Waals surface area contributed by atoms with Crippen molar-refractivity contribution in [2.24, 2.45) is 0 Å². The molecule has 164 valence electrons. The van der Waals surface area contributed by atoms with Crippen LogP contribution < -0.4 is 20.1 Å². The molecular formula is C20H28BrCl2FN2O3. The van der Waals surface area contributed by atoms with Crippen molar-refractivity contribution >= 4 is 40.7 Å². The number of aliphatic hydroxyl groups excluding tert-OH is 1. The van der Waals surface area contributed by atoms with Gasteiger partial charge >= 0.3 is 0 Å². The summed E-state index contributed by atoms with van der Waals surface area (Å²) in [5.41, 5.74) is 1.52. The second kappa shape index (κ2) is 14.8. The van der Waals surface area contributed by atoms with E-state index in [0.717, 1.165) is 23.1 Å². The maximum atomic E-state index is 13.8. The molecule has 0 spiro atoms. The van der Waals surface area contributed by atoms with Crippen LogP contribution in [0.25, 0.3) is 0 Å². The summed E-state index contributed by atoms with van der Waals surface area (Å²) in [6, 6.07) is 10.4. The quantitative estimate of drug-likeness (QED) is 0.395. The summed E-state index contributed by atoms with van der Waals surface area (Å²) >= 11 is 3.51. The van der Waals surface area contributed by atoms with Gasteiger partial charge in [-0.1, -0.05) is 18.2 Å². The highest BCUT2D eigenvalue weighted by atomic mass is 79.9. The van der Waals surface area contributed by atoms with Crippen molar-refractivity contribution in [1.29, 1.82) is 0 Å². The molecule has 0 aliphatic heterocycles. The van der Waals surface area contributed by atoms with Crippen LogP contribution in [0.1, 0.15) is 18.1 Å². The van der Waals surface area contributed by atoms with Gasteiger partial charge in [-0.2, -0.15) is 0 Å². The SMILES string of the molecule is COc1cc(CNCCNCC(C)O)cc(Br)c1OCc1ccccc1F.Cl.Cl. The molecule has 0 saturated carbocycles. The Balaban J connectivity index is 0.00000392. The van der Waals surface area contributed by atoms with Gasteiger partial charge in [-0.3, -0.25) is 0 Å². The molecule has 1 unspecified atom stereocenters. The molecule has 0 aromatic heterocycles. The van der Waals surface area contributed by atoms with Gasteiger partial charge in [-0.05, 0) is 46.6 Å². The summed E-state index contributed by atoms with van der Waals surface area (Å²) in [5, 5.41) is 15.7. The standard InChI is InChI=1S/C20H26BrFN2O3.2ClH/c1-14(25)11-23-7-8-24-12-15-9-17(21)20(19(10-15)26-2)27-13-16-5-3-4-6-18(16)22;;/h3-6,9-10,14,23-25H,7-8,11-13H2,1-2H3;2*1H. The van der Waals surface area contributed by atoms with Gasteiger partial charge in [0, 0.05) is 31.7 Å². The predicted molar refractivity (Wildman–Crippen MR) is 122 cm³/mol. The first-order valence-corrected chi connectivity index (χ1v) is 9.62. The molecule has 0 radical (unpaired) electrons. The van der Waals surface area contributed by atoms with Gasteiger partial charge in [0.05, 0.1) is 17.7 Å². The zero-order chi connectivity index (χ0) is 19.6. The van der Waals surface area contributed by atoms with Crippen LogP contribution in [0.5, 0.6) is 11.5 Å². The first kappa shape index (κ1) is 27.9. The van der Waals surface area contributed by atoms with Crippen molar-refractivity contribution in [1.82, 2.24) is 10.6 Å². The molecule has 3 N–H and O–H groups in total. The average molecular weight is 514 g/mol. The molecule has 1 atom stereocenters. The van der Waals surface area contributed by atoms with E-state index in [0.29, 0.717) is 30.2 Å². The molecule has 2 rings (SSSR count). The summed E-state index contributed by atoms with van der Waals surface area (Å²) in [6.45, 7) is 4.66. The third kappa shape index (κ3) is 9.51. The van der Waals surface area contributed by atoms with E-state index < -0.39 is 0 Å². The molecule has 0 aliphatic rings. The van der Waals surface area contributed by atoms with E-state index in [1.165, 1.54) is 6.07 Å². The Morgan fingerprint density at radius 2 is 1.83 bits per heavy atom. The maximum Gasteiger partial charge on any atom is 0.175 e. The number of nitrogens with one attached hydrogen (secondary N) is 2. The predicted octanol–water partition coefficient (Wildman–Crippen LogP) is 4.08. The van der Waals surface area contributed by atoms with Gasteiger partial charge < -0.3 is 25.2 Å². The topological polar surface area (TPSA) is 62.8 Å². The smallest absolute Gasteiger partial charge is 0.175 e. The number of rotatable bonds is 11. The number of benzene rings is 2. The lowest BCUT2D eigenvalue weighted by Crippen LogP contribution is -2.31. The molecule has 0 fully saturated rings. The number of methoxy groups -OCH3 is 1. The van der Waals surface area contributed by atoms with Gasteiger partial charge in [0.2, 0.25) is 0 Å². The van der Waals surface area contributed by atoms with E-state index in [1.807, 2.05) is 12.1 Å². The van der Waals surface area contributed by atoms with Crippen molar-refractivity contribution in [3.63, 3.8) is 0 Å². The molecule has 0 aliphatic carbocycles. The fraction of sp³-hybridized carbons (Fsp3) is 0.400. The van der Waals surface area contributed by atoms with Crippen molar-refractivity contribution in [3.8, 4) is 11.5 Å². The van der Waals surface area contributed by atoms with Crippen LogP contribution in [-0.4, -0.2) is 38.0 Å². The molecule has 2 aromatic carbocycles. The van der Waals surface area contributed by atoms with Crippen molar-refractivity contribution in [3.05, 3.63) is 57.8 Å². The van der Waals surface area contributed by atoms with Crippen LogP contribution in [0, 0.1) is 5.82 Å². The fourth-order valence-electron chi connectivity index (χ4n) is 2.50. The molecule has 5 nitrogen and oxygen atoms in total. The van der Waals surface area contributed by atoms with Gasteiger partial charge in [0.1, 0.15) is 12.4 Å². The largest absolute Gasteiger partial charge is 0.493 e. The van der Waals surface area contributed by atoms with Crippen LogP contribution in [0.3, 0.4) is 0 Å². The zero-order valence-corrected chi connectivity index (χ0v) is 19.6. The number of hydrogen-bond donors (Lipinski definition) is 3. The average Bonchev–Trinajstić information content (AvgIpc) is 2.64. The molecular weight excluding hydrogens is 486 g/mol. The Hall–Kier alpha value is -1.09. The van der Waals surface area contributed by atoms with Crippen molar-refractivity contribution in [2.75, 3.05) is 26.7 Å². The third-order valence-electron chi connectivity index (χ3n) is 3.87. The minimum Gasteiger partial charge on any atom is -0.493 e. The van der Waals surface area contributed by atoms with Gasteiger partial charge in [0.25, 0.3) is 0 Å². The van der Waals surface area contributed by atoms with Crippen molar-refractivity contribution < 1.29 is 19.0 Å². The Morgan fingerprint density at radius 1 is 1.14 bits per heavy atom. The molecule has 29 heavy (non-hydrogen) atoms. The normalized spacial score (nSPS) is 11.2. The number of hydrogen-bond acceptors (Lipinski definition) is 5. The highest BCUT2D eigenvalue weighted by Crippen LogP contribution is 2.37. The van der Waals surface area contributed by atoms with Gasteiger partial charge in [0.15, 0.2) is 11.5 Å². The Kier molecular flexibility index (Phi) is 14.3. The molecule has 2 aromatic rings. The summed E-state index contributed by atoms with van der Waals surface area (Å²) < 4.78 is 25.7. The first-order valence-electron chi connectivity index (χ1n) is 8.83. The van der Waals surface area contributed by atoms with Gasteiger partial charge in [-0.25, -0.2) is 4.39 Å². The minimum absolute atomic E-state index is 0. The van der Waals surface area contributed by atoms with Gasteiger partial charge in [-0.15, -0.1) is 24.8 Å². The van der Waals surface area contributed by atoms with Crippen molar-refractivity contribution in [2.45, 2.75) is 26.2 Å². The molecule has 0 heterocycles. The minimum atomic E-state index is -0.345. The van der Waals surface area contributed by atoms with E-state index in [9.17, 15) is 9.50 Å². The lowest BCUT2D eigenvalue weighted by Gasteiger charge is -2.15. The fourth-order valence-corrected chi connectivity index (χ4v) is 3.11. The summed E-state index contributed by atoms with van der Waals surface area (Å²) in [5.74, 6) is 0.838. The van der Waals surface area contributed by atoms with Crippen LogP contribution in [0.2, 0.25) is 0 Å². The molecule has 9 heteroatoms. The molecule has 0 saturated heterocycles. The van der Waals surface area contributed by atoms with Crippen LogP contribution in [0.4, 0.5) is 4.39 Å².